The van der Waals surface area contributed by atoms with Crippen molar-refractivity contribution in [1.29, 1.82) is 0 Å². The van der Waals surface area contributed by atoms with Gasteiger partial charge in [0.05, 0.1) is 6.54 Å². The molecular weight excluding hydrogens is 300 g/mol. The van der Waals surface area contributed by atoms with Crippen LogP contribution in [0.15, 0.2) is 12.3 Å². The van der Waals surface area contributed by atoms with Crippen LogP contribution >= 0.6 is 0 Å². The van der Waals surface area contributed by atoms with Crippen LogP contribution in [-0.2, 0) is 11.3 Å². The zero-order chi connectivity index (χ0) is 16.0. The molecule has 0 aliphatic heterocycles. The lowest BCUT2D eigenvalue weighted by atomic mass is 9.51. The highest BCUT2D eigenvalue weighted by atomic mass is 19.3. The number of hydrogen-bond acceptors (Lipinski definition) is 3. The third kappa shape index (κ3) is 2.83. The summed E-state index contributed by atoms with van der Waals surface area (Å²) in [5.74, 6) is 3.09. The summed E-state index contributed by atoms with van der Waals surface area (Å²) in [5, 5.41) is 2.88. The molecule has 0 atom stereocenters. The van der Waals surface area contributed by atoms with E-state index in [1.165, 1.54) is 44.4 Å². The van der Waals surface area contributed by atoms with Crippen molar-refractivity contribution in [3.05, 3.63) is 23.8 Å². The predicted octanol–water partition coefficient (Wildman–Crippen LogP) is 3.10. The highest BCUT2D eigenvalue weighted by Gasteiger charge is 2.50. The van der Waals surface area contributed by atoms with Crippen molar-refractivity contribution in [2.45, 2.75) is 45.1 Å². The molecule has 1 amide bonds. The molecule has 23 heavy (non-hydrogen) atoms. The lowest BCUT2D eigenvalue weighted by molar-refractivity contribution is -0.138. The number of carbonyl (C=O) groups is 1. The summed E-state index contributed by atoms with van der Waals surface area (Å²) in [5.41, 5.74) is -0.293. The highest BCUT2D eigenvalue weighted by Crippen LogP contribution is 2.56. The van der Waals surface area contributed by atoms with Crippen molar-refractivity contribution in [3.63, 3.8) is 0 Å². The average molecular weight is 321 g/mol. The van der Waals surface area contributed by atoms with Gasteiger partial charge in [0.15, 0.2) is 0 Å². The molecule has 4 aliphatic carbocycles. The van der Waals surface area contributed by atoms with Gasteiger partial charge in [-0.2, -0.15) is 0 Å². The molecule has 4 fully saturated rings. The first kappa shape index (κ1) is 15.0. The molecule has 1 aromatic heterocycles. The number of nitrogens with one attached hydrogen (secondary N) is 1. The average Bonchev–Trinajstić information content (AvgIpc) is 2.52. The van der Waals surface area contributed by atoms with E-state index in [9.17, 15) is 13.6 Å². The summed E-state index contributed by atoms with van der Waals surface area (Å²) in [4.78, 5) is 20.4. The van der Waals surface area contributed by atoms with E-state index in [0.29, 0.717) is 11.8 Å². The van der Waals surface area contributed by atoms with E-state index in [2.05, 4.69) is 15.3 Å². The van der Waals surface area contributed by atoms with Crippen molar-refractivity contribution < 1.29 is 13.6 Å². The third-order valence-electron chi connectivity index (χ3n) is 5.90. The number of carbonyl (C=O) groups excluding carboxylic acids is 1. The van der Waals surface area contributed by atoms with Gasteiger partial charge < -0.3 is 5.32 Å². The molecule has 0 unspecified atom stereocenters. The van der Waals surface area contributed by atoms with E-state index < -0.39 is 6.43 Å². The number of aromatic nitrogens is 2. The first-order valence-corrected chi connectivity index (χ1v) is 8.48. The van der Waals surface area contributed by atoms with Gasteiger partial charge in [0.2, 0.25) is 5.91 Å². The Morgan fingerprint density at radius 2 is 1.83 bits per heavy atom. The van der Waals surface area contributed by atoms with Crippen LogP contribution in [0.5, 0.6) is 0 Å². The van der Waals surface area contributed by atoms with Crippen molar-refractivity contribution in [2.75, 3.05) is 0 Å². The quantitative estimate of drug-likeness (QED) is 0.927. The molecule has 4 aliphatic rings. The smallest absolute Gasteiger partial charge is 0.280 e. The zero-order valence-corrected chi connectivity index (χ0v) is 12.9. The van der Waals surface area contributed by atoms with Crippen molar-refractivity contribution in [1.82, 2.24) is 15.3 Å². The first-order valence-electron chi connectivity index (χ1n) is 8.48. The van der Waals surface area contributed by atoms with Gasteiger partial charge in [-0.1, -0.05) is 0 Å². The SMILES string of the molecule is O=C(NCc1nccc(C(F)F)n1)C1C2CC3CC(C2)CC1C3. The topological polar surface area (TPSA) is 54.9 Å². The normalized spacial score (nSPS) is 34.8. The van der Waals surface area contributed by atoms with Gasteiger partial charge in [-0.05, 0) is 61.8 Å². The van der Waals surface area contributed by atoms with Crippen LogP contribution in [0.2, 0.25) is 0 Å². The molecule has 5 rings (SSSR count). The zero-order valence-electron chi connectivity index (χ0n) is 12.9. The van der Waals surface area contributed by atoms with Crippen LogP contribution in [-0.4, -0.2) is 15.9 Å². The lowest BCUT2D eigenvalue weighted by Crippen LogP contribution is -2.50. The van der Waals surface area contributed by atoms with E-state index in [-0.39, 0.29) is 29.9 Å². The maximum Gasteiger partial charge on any atom is 0.280 e. The summed E-state index contributed by atoms with van der Waals surface area (Å²) < 4.78 is 25.3. The molecule has 0 spiro atoms. The molecule has 4 bridgehead atoms. The fraction of sp³-hybridized carbons (Fsp3) is 0.706. The second-order valence-corrected chi connectivity index (χ2v) is 7.37. The van der Waals surface area contributed by atoms with E-state index in [1.807, 2.05) is 0 Å². The minimum Gasteiger partial charge on any atom is -0.349 e. The van der Waals surface area contributed by atoms with E-state index >= 15 is 0 Å². The number of alkyl halides is 2. The number of amides is 1. The second kappa shape index (κ2) is 5.80. The fourth-order valence-electron chi connectivity index (χ4n) is 5.26. The summed E-state index contributed by atoms with van der Waals surface area (Å²) >= 11 is 0. The largest absolute Gasteiger partial charge is 0.349 e. The van der Waals surface area contributed by atoms with Crippen LogP contribution in [0.3, 0.4) is 0 Å². The molecule has 6 heteroatoms. The second-order valence-electron chi connectivity index (χ2n) is 7.37. The van der Waals surface area contributed by atoms with Crippen molar-refractivity contribution >= 4 is 5.91 Å². The Bertz CT molecular complexity index is 579. The maximum atomic E-state index is 12.7. The lowest BCUT2D eigenvalue weighted by Gasteiger charge is -2.53. The summed E-state index contributed by atoms with van der Waals surface area (Å²) in [6.45, 7) is 0.127. The van der Waals surface area contributed by atoms with Gasteiger partial charge in [0, 0.05) is 12.1 Å². The Morgan fingerprint density at radius 3 is 2.43 bits per heavy atom. The Labute approximate surface area is 134 Å². The Kier molecular flexibility index (Phi) is 3.77. The van der Waals surface area contributed by atoms with Gasteiger partial charge >= 0.3 is 0 Å². The molecule has 1 heterocycles. The van der Waals surface area contributed by atoms with Crippen LogP contribution in [0.25, 0.3) is 0 Å². The molecule has 0 aromatic carbocycles. The van der Waals surface area contributed by atoms with Crippen LogP contribution in [0.4, 0.5) is 8.78 Å². The van der Waals surface area contributed by atoms with Crippen molar-refractivity contribution in [2.24, 2.45) is 29.6 Å². The first-order chi connectivity index (χ1) is 11.1. The number of nitrogens with zero attached hydrogens (tertiary/aromatic N) is 2. The summed E-state index contributed by atoms with van der Waals surface area (Å²) in [6.07, 6.45) is 4.79. The highest BCUT2D eigenvalue weighted by molar-refractivity contribution is 5.79. The molecule has 124 valence electrons. The van der Waals surface area contributed by atoms with Crippen molar-refractivity contribution in [3.8, 4) is 0 Å². The van der Waals surface area contributed by atoms with Gasteiger partial charge in [-0.25, -0.2) is 18.7 Å². The monoisotopic (exact) mass is 321 g/mol. The Hall–Kier alpha value is -1.59. The maximum absolute atomic E-state index is 12.7. The van der Waals surface area contributed by atoms with Gasteiger partial charge in [-0.3, -0.25) is 4.79 Å². The van der Waals surface area contributed by atoms with Gasteiger partial charge in [0.25, 0.3) is 6.43 Å². The van der Waals surface area contributed by atoms with E-state index in [0.717, 1.165) is 11.8 Å². The van der Waals surface area contributed by atoms with Gasteiger partial charge in [0.1, 0.15) is 11.5 Å². The molecule has 0 saturated heterocycles. The van der Waals surface area contributed by atoms with Crippen LogP contribution < -0.4 is 5.32 Å². The van der Waals surface area contributed by atoms with Crippen LogP contribution in [0, 0.1) is 29.6 Å². The predicted molar refractivity (Wildman–Crippen MR) is 79.4 cm³/mol. The minimum atomic E-state index is -2.61. The summed E-state index contributed by atoms with van der Waals surface area (Å²) in [7, 11) is 0. The van der Waals surface area contributed by atoms with Gasteiger partial charge in [-0.15, -0.1) is 0 Å². The molecule has 4 nitrogen and oxygen atoms in total. The Morgan fingerprint density at radius 1 is 1.17 bits per heavy atom. The Balaban J connectivity index is 1.40. The van der Waals surface area contributed by atoms with Crippen LogP contribution in [0.1, 0.15) is 50.0 Å². The van der Waals surface area contributed by atoms with E-state index in [1.54, 1.807) is 0 Å². The number of rotatable bonds is 4. The fourth-order valence-corrected chi connectivity index (χ4v) is 5.26. The van der Waals surface area contributed by atoms with E-state index in [4.69, 9.17) is 0 Å². The number of halogens is 2. The molecule has 1 aromatic rings. The molecular formula is C17H21F2N3O. The third-order valence-corrected chi connectivity index (χ3v) is 5.90. The minimum absolute atomic E-state index is 0.0600. The molecule has 1 N–H and O–H groups in total. The molecule has 0 radical (unpaired) electrons. The standard InChI is InChI=1S/C17H21F2N3O/c18-16(19)13-1-2-20-14(22-13)8-21-17(23)15-11-4-9-3-10(6-11)7-12(15)5-9/h1-2,9-12,15-16H,3-8H2,(H,21,23). The summed E-state index contributed by atoms with van der Waals surface area (Å²) in [6, 6.07) is 1.20. The molecule has 4 saturated carbocycles. The number of hydrogen-bond donors (Lipinski definition) is 1.